The van der Waals surface area contributed by atoms with E-state index in [1.807, 2.05) is 26.2 Å². The number of piperidine rings is 1. The summed E-state index contributed by atoms with van der Waals surface area (Å²) in [5.74, 6) is 2.28. The van der Waals surface area contributed by atoms with Crippen molar-refractivity contribution in [2.75, 3.05) is 31.1 Å². The fraction of sp³-hybridized carbons (Fsp3) is 0.625. The number of hydrogen-bond acceptors (Lipinski definition) is 6. The molecule has 2 aliphatic heterocycles. The maximum atomic E-state index is 13.0. The number of nitrogens with zero attached hydrogens (tertiary/aromatic N) is 6. The molecule has 0 aromatic carbocycles. The van der Waals surface area contributed by atoms with E-state index in [1.165, 1.54) is 0 Å². The number of carbonyl (C=O) groups excluding carboxylic acids is 1. The van der Waals surface area contributed by atoms with Crippen molar-refractivity contribution in [3.8, 4) is 0 Å². The summed E-state index contributed by atoms with van der Waals surface area (Å²) >= 11 is 0. The first-order valence-corrected chi connectivity index (χ1v) is 8.67. The highest BCUT2D eigenvalue weighted by Gasteiger charge is 2.38. The topological polar surface area (TPSA) is 92.2 Å². The standard InChI is InChI=1S/C16H23N7O2/c1-11-17-15(19-18-11)13-10-22(8-9-25-13)12-4-3-6-23(16(12)24)14-5-7-21(2)20-14/h5,7,12-13H,3-4,6,8-10H2,1-2H3,(H,17,18,19). The molecule has 0 radical (unpaired) electrons. The number of carbonyl (C=O) groups is 1. The number of aromatic amines is 1. The van der Waals surface area contributed by atoms with Crippen LogP contribution in [0.15, 0.2) is 12.3 Å². The second kappa shape index (κ2) is 6.57. The van der Waals surface area contributed by atoms with E-state index in [2.05, 4.69) is 25.2 Å². The summed E-state index contributed by atoms with van der Waals surface area (Å²) in [4.78, 5) is 21.4. The van der Waals surface area contributed by atoms with Gasteiger partial charge >= 0.3 is 0 Å². The summed E-state index contributed by atoms with van der Waals surface area (Å²) in [5, 5.41) is 11.4. The van der Waals surface area contributed by atoms with E-state index in [0.29, 0.717) is 19.0 Å². The number of rotatable bonds is 3. The second-order valence-electron chi connectivity index (χ2n) is 6.63. The molecule has 134 valence electrons. The van der Waals surface area contributed by atoms with Crippen LogP contribution in [-0.4, -0.2) is 68.1 Å². The first-order chi connectivity index (χ1) is 12.1. The van der Waals surface area contributed by atoms with Crippen LogP contribution in [-0.2, 0) is 16.6 Å². The third kappa shape index (κ3) is 3.16. The molecule has 25 heavy (non-hydrogen) atoms. The molecule has 4 rings (SSSR count). The molecular formula is C16H23N7O2. The first-order valence-electron chi connectivity index (χ1n) is 8.67. The highest BCUT2D eigenvalue weighted by atomic mass is 16.5. The maximum Gasteiger partial charge on any atom is 0.245 e. The van der Waals surface area contributed by atoms with Gasteiger partial charge in [0.2, 0.25) is 5.91 Å². The zero-order chi connectivity index (χ0) is 17.4. The van der Waals surface area contributed by atoms with Gasteiger partial charge in [0.15, 0.2) is 11.6 Å². The Morgan fingerprint density at radius 1 is 1.36 bits per heavy atom. The van der Waals surface area contributed by atoms with Gasteiger partial charge in [-0.2, -0.15) is 10.2 Å². The molecule has 0 saturated carbocycles. The minimum Gasteiger partial charge on any atom is -0.367 e. The molecule has 2 aromatic rings. The van der Waals surface area contributed by atoms with Gasteiger partial charge in [-0.25, -0.2) is 4.98 Å². The van der Waals surface area contributed by atoms with Crippen molar-refractivity contribution < 1.29 is 9.53 Å². The lowest BCUT2D eigenvalue weighted by Crippen LogP contribution is -2.55. The summed E-state index contributed by atoms with van der Waals surface area (Å²) in [5.41, 5.74) is 0. The van der Waals surface area contributed by atoms with E-state index in [4.69, 9.17) is 4.74 Å². The molecule has 2 aliphatic rings. The van der Waals surface area contributed by atoms with Gasteiger partial charge in [0, 0.05) is 38.9 Å². The van der Waals surface area contributed by atoms with E-state index in [0.717, 1.165) is 37.6 Å². The van der Waals surface area contributed by atoms with Gasteiger partial charge in [-0.05, 0) is 19.8 Å². The Bertz CT molecular complexity index is 755. The SMILES string of the molecule is Cc1nc(C2CN(C3CCCN(c4ccn(C)n4)C3=O)CCO2)n[nH]1. The van der Waals surface area contributed by atoms with Crippen LogP contribution in [0.2, 0.25) is 0 Å². The van der Waals surface area contributed by atoms with Gasteiger partial charge < -0.3 is 4.74 Å². The van der Waals surface area contributed by atoms with Crippen molar-refractivity contribution >= 4 is 11.7 Å². The van der Waals surface area contributed by atoms with Crippen LogP contribution in [0.25, 0.3) is 0 Å². The van der Waals surface area contributed by atoms with Crippen molar-refractivity contribution in [2.24, 2.45) is 7.05 Å². The van der Waals surface area contributed by atoms with Crippen molar-refractivity contribution in [3.05, 3.63) is 23.9 Å². The minimum absolute atomic E-state index is 0.122. The van der Waals surface area contributed by atoms with Gasteiger partial charge in [-0.15, -0.1) is 0 Å². The highest BCUT2D eigenvalue weighted by Crippen LogP contribution is 2.27. The average Bonchev–Trinajstić information content (AvgIpc) is 3.24. The van der Waals surface area contributed by atoms with Crippen molar-refractivity contribution in [3.63, 3.8) is 0 Å². The molecule has 2 atom stereocenters. The Hall–Kier alpha value is -2.26. The number of amides is 1. The molecule has 2 fully saturated rings. The molecule has 0 bridgehead atoms. The number of ether oxygens (including phenoxy) is 1. The van der Waals surface area contributed by atoms with Gasteiger partial charge in [0.05, 0.1) is 12.6 Å². The van der Waals surface area contributed by atoms with Crippen LogP contribution in [0.3, 0.4) is 0 Å². The smallest absolute Gasteiger partial charge is 0.245 e. The van der Waals surface area contributed by atoms with Crippen molar-refractivity contribution in [1.82, 2.24) is 29.9 Å². The number of morpholine rings is 1. The summed E-state index contributed by atoms with van der Waals surface area (Å²) in [7, 11) is 1.86. The fourth-order valence-corrected chi connectivity index (χ4v) is 3.58. The van der Waals surface area contributed by atoms with Crippen LogP contribution in [0.1, 0.15) is 30.6 Å². The maximum absolute atomic E-state index is 13.0. The quantitative estimate of drug-likeness (QED) is 0.866. The molecule has 1 amide bonds. The fourth-order valence-electron chi connectivity index (χ4n) is 3.58. The Balaban J connectivity index is 1.49. The van der Waals surface area contributed by atoms with Gasteiger partial charge in [-0.1, -0.05) is 0 Å². The summed E-state index contributed by atoms with van der Waals surface area (Å²) in [6, 6.07) is 1.75. The summed E-state index contributed by atoms with van der Waals surface area (Å²) in [6.45, 7) is 4.54. The molecule has 9 nitrogen and oxygen atoms in total. The number of aryl methyl sites for hydroxylation is 2. The van der Waals surface area contributed by atoms with E-state index in [-0.39, 0.29) is 18.1 Å². The molecule has 1 N–H and O–H groups in total. The predicted octanol–water partition coefficient (Wildman–Crippen LogP) is 0.416. The third-order valence-corrected chi connectivity index (χ3v) is 4.83. The lowest BCUT2D eigenvalue weighted by molar-refractivity contribution is -0.129. The molecular weight excluding hydrogens is 322 g/mol. The summed E-state index contributed by atoms with van der Waals surface area (Å²) in [6.07, 6.45) is 3.50. The monoisotopic (exact) mass is 345 g/mol. The van der Waals surface area contributed by atoms with Crippen LogP contribution < -0.4 is 4.90 Å². The van der Waals surface area contributed by atoms with E-state index < -0.39 is 0 Å². The lowest BCUT2D eigenvalue weighted by atomic mass is 10.0. The largest absolute Gasteiger partial charge is 0.367 e. The number of aromatic nitrogens is 5. The van der Waals surface area contributed by atoms with Gasteiger partial charge in [0.25, 0.3) is 0 Å². The predicted molar refractivity (Wildman–Crippen MR) is 90.0 cm³/mol. The first kappa shape index (κ1) is 16.2. The van der Waals surface area contributed by atoms with Gasteiger partial charge in [-0.3, -0.25) is 24.4 Å². The van der Waals surface area contributed by atoms with Gasteiger partial charge in [0.1, 0.15) is 11.9 Å². The van der Waals surface area contributed by atoms with E-state index in [1.54, 1.807) is 9.58 Å². The Morgan fingerprint density at radius 3 is 2.96 bits per heavy atom. The molecule has 2 unspecified atom stereocenters. The number of nitrogens with one attached hydrogen (secondary N) is 1. The number of hydrogen-bond donors (Lipinski definition) is 1. The zero-order valence-electron chi connectivity index (χ0n) is 14.6. The molecule has 2 saturated heterocycles. The number of H-pyrrole nitrogens is 1. The van der Waals surface area contributed by atoms with Crippen LogP contribution >= 0.6 is 0 Å². The van der Waals surface area contributed by atoms with Crippen molar-refractivity contribution in [1.29, 1.82) is 0 Å². The second-order valence-corrected chi connectivity index (χ2v) is 6.63. The summed E-state index contributed by atoms with van der Waals surface area (Å²) < 4.78 is 7.55. The molecule has 0 spiro atoms. The van der Waals surface area contributed by atoms with E-state index >= 15 is 0 Å². The Kier molecular flexibility index (Phi) is 4.26. The third-order valence-electron chi connectivity index (χ3n) is 4.83. The minimum atomic E-state index is -0.197. The average molecular weight is 345 g/mol. The highest BCUT2D eigenvalue weighted by molar-refractivity contribution is 5.97. The molecule has 4 heterocycles. The molecule has 9 heteroatoms. The molecule has 2 aromatic heterocycles. The Labute approximate surface area is 146 Å². The van der Waals surface area contributed by atoms with Crippen molar-refractivity contribution in [2.45, 2.75) is 31.9 Å². The van der Waals surface area contributed by atoms with E-state index in [9.17, 15) is 4.79 Å². The zero-order valence-corrected chi connectivity index (χ0v) is 14.6. The Morgan fingerprint density at radius 2 is 2.24 bits per heavy atom. The normalized spacial score (nSPS) is 25.5. The molecule has 0 aliphatic carbocycles. The van der Waals surface area contributed by atoms with Crippen LogP contribution in [0.5, 0.6) is 0 Å². The van der Waals surface area contributed by atoms with Crippen LogP contribution in [0.4, 0.5) is 5.82 Å². The number of anilines is 1. The lowest BCUT2D eigenvalue weighted by Gasteiger charge is -2.40. The van der Waals surface area contributed by atoms with Crippen LogP contribution in [0, 0.1) is 6.92 Å².